The van der Waals surface area contributed by atoms with Crippen molar-refractivity contribution in [2.45, 2.75) is 26.4 Å². The number of nitrogens with two attached hydrogens (primary N) is 1. The minimum absolute atomic E-state index is 0.270. The summed E-state index contributed by atoms with van der Waals surface area (Å²) in [5.74, 6) is -0.272. The number of ether oxygens (including phenoxy) is 1. The normalized spacial score (nSPS) is 11.6. The first-order valence-corrected chi connectivity index (χ1v) is 7.44. The van der Waals surface area contributed by atoms with Gasteiger partial charge in [-0.2, -0.15) is 0 Å². The molecule has 0 spiro atoms. The highest BCUT2D eigenvalue weighted by Crippen LogP contribution is 2.18. The average Bonchev–Trinajstić information content (AvgIpc) is 2.53. The molecule has 0 aliphatic carbocycles. The number of benzene rings is 2. The van der Waals surface area contributed by atoms with Gasteiger partial charge in [-0.3, -0.25) is 9.59 Å². The van der Waals surface area contributed by atoms with Gasteiger partial charge >= 0.3 is 0 Å². The molecule has 0 aromatic heterocycles. The second-order valence-electron chi connectivity index (χ2n) is 5.23. The largest absolute Gasteiger partial charge is 0.481 e. The molecule has 0 saturated heterocycles. The van der Waals surface area contributed by atoms with Crippen LogP contribution in [0.5, 0.6) is 5.75 Å². The predicted molar refractivity (Wildman–Crippen MR) is 89.5 cm³/mol. The molecule has 2 amide bonds. The molecule has 1 atom stereocenters. The second kappa shape index (κ2) is 7.45. The van der Waals surface area contributed by atoms with Gasteiger partial charge in [0.2, 0.25) is 0 Å². The highest BCUT2D eigenvalue weighted by molar-refractivity contribution is 6.04. The van der Waals surface area contributed by atoms with Gasteiger partial charge in [0.25, 0.3) is 11.8 Å². The summed E-state index contributed by atoms with van der Waals surface area (Å²) in [5.41, 5.74) is 7.03. The summed E-state index contributed by atoms with van der Waals surface area (Å²) >= 11 is 0. The zero-order chi connectivity index (χ0) is 16.8. The van der Waals surface area contributed by atoms with E-state index < -0.39 is 12.0 Å². The zero-order valence-corrected chi connectivity index (χ0v) is 13.2. The smallest absolute Gasteiger partial charge is 0.265 e. The first-order chi connectivity index (χ1) is 11.0. The number of nitrogens with one attached hydrogen (secondary N) is 1. The molecule has 5 heteroatoms. The van der Waals surface area contributed by atoms with Crippen LogP contribution in [0.1, 0.15) is 29.3 Å². The van der Waals surface area contributed by atoms with Gasteiger partial charge in [-0.25, -0.2) is 0 Å². The van der Waals surface area contributed by atoms with Gasteiger partial charge in [0, 0.05) is 0 Å². The molecule has 0 aliphatic heterocycles. The van der Waals surface area contributed by atoms with Crippen molar-refractivity contribution >= 4 is 17.5 Å². The Morgan fingerprint density at radius 2 is 1.91 bits per heavy atom. The lowest BCUT2D eigenvalue weighted by Gasteiger charge is -2.18. The summed E-state index contributed by atoms with van der Waals surface area (Å²) in [4.78, 5) is 23.8. The lowest BCUT2D eigenvalue weighted by molar-refractivity contribution is -0.122. The molecule has 0 saturated carbocycles. The van der Waals surface area contributed by atoms with Crippen molar-refractivity contribution in [3.63, 3.8) is 0 Å². The summed E-state index contributed by atoms with van der Waals surface area (Å²) in [6.07, 6.45) is -0.156. The van der Waals surface area contributed by atoms with Crippen molar-refractivity contribution in [1.82, 2.24) is 0 Å². The molecule has 0 fully saturated rings. The summed E-state index contributed by atoms with van der Waals surface area (Å²) < 4.78 is 5.75. The molecule has 0 heterocycles. The SMILES string of the molecule is CC[C@H](Oc1cccc(C)c1)C(=O)Nc1ccccc1C(N)=O. The van der Waals surface area contributed by atoms with E-state index in [4.69, 9.17) is 10.5 Å². The maximum atomic E-state index is 12.4. The van der Waals surface area contributed by atoms with Gasteiger partial charge < -0.3 is 15.8 Å². The Bertz CT molecular complexity index is 713. The molecular formula is C18H20N2O3. The number of hydrogen-bond acceptors (Lipinski definition) is 3. The number of hydrogen-bond donors (Lipinski definition) is 2. The molecule has 2 rings (SSSR count). The number of anilines is 1. The fourth-order valence-corrected chi connectivity index (χ4v) is 2.20. The Labute approximate surface area is 135 Å². The van der Waals surface area contributed by atoms with Crippen LogP contribution < -0.4 is 15.8 Å². The standard InChI is InChI=1S/C18H20N2O3/c1-3-16(23-13-8-6-7-12(2)11-13)18(22)20-15-10-5-4-9-14(15)17(19)21/h4-11,16H,3H2,1-2H3,(H2,19,21)(H,20,22)/t16-/m0/s1. The van der Waals surface area contributed by atoms with Crippen LogP contribution in [-0.4, -0.2) is 17.9 Å². The van der Waals surface area contributed by atoms with E-state index in [-0.39, 0.29) is 11.5 Å². The van der Waals surface area contributed by atoms with E-state index in [0.717, 1.165) is 5.56 Å². The number of primary amides is 1. The molecule has 0 unspecified atom stereocenters. The molecule has 0 aliphatic rings. The van der Waals surface area contributed by atoms with Gasteiger partial charge in [-0.1, -0.05) is 31.2 Å². The summed E-state index contributed by atoms with van der Waals surface area (Å²) in [6.45, 7) is 3.82. The Kier molecular flexibility index (Phi) is 5.36. The monoisotopic (exact) mass is 312 g/mol. The molecule has 23 heavy (non-hydrogen) atoms. The molecular weight excluding hydrogens is 292 g/mol. The van der Waals surface area contributed by atoms with E-state index in [1.165, 1.54) is 0 Å². The minimum atomic E-state index is -0.655. The lowest BCUT2D eigenvalue weighted by Crippen LogP contribution is -2.33. The lowest BCUT2D eigenvalue weighted by atomic mass is 10.1. The topological polar surface area (TPSA) is 81.4 Å². The van der Waals surface area contributed by atoms with Crippen molar-refractivity contribution in [2.24, 2.45) is 5.73 Å². The molecule has 0 bridgehead atoms. The van der Waals surface area contributed by atoms with Crippen molar-refractivity contribution in [2.75, 3.05) is 5.32 Å². The summed E-state index contributed by atoms with van der Waals surface area (Å²) in [7, 11) is 0. The highest BCUT2D eigenvalue weighted by Gasteiger charge is 2.20. The van der Waals surface area contributed by atoms with E-state index in [2.05, 4.69) is 5.32 Å². The van der Waals surface area contributed by atoms with Crippen LogP contribution in [0.25, 0.3) is 0 Å². The van der Waals surface area contributed by atoms with Gasteiger partial charge in [0.1, 0.15) is 5.75 Å². The van der Waals surface area contributed by atoms with E-state index in [0.29, 0.717) is 17.9 Å². The number of carbonyl (C=O) groups is 2. The van der Waals surface area contributed by atoms with Crippen LogP contribution in [0.3, 0.4) is 0 Å². The number of para-hydroxylation sites is 1. The fourth-order valence-electron chi connectivity index (χ4n) is 2.20. The third-order valence-corrected chi connectivity index (χ3v) is 3.38. The average molecular weight is 312 g/mol. The molecule has 0 radical (unpaired) electrons. The Morgan fingerprint density at radius 1 is 1.17 bits per heavy atom. The molecule has 120 valence electrons. The first kappa shape index (κ1) is 16.5. The maximum Gasteiger partial charge on any atom is 0.265 e. The number of carbonyl (C=O) groups excluding carboxylic acids is 2. The Hall–Kier alpha value is -2.82. The molecule has 2 aromatic carbocycles. The van der Waals surface area contributed by atoms with Crippen LogP contribution in [-0.2, 0) is 4.79 Å². The zero-order valence-electron chi connectivity index (χ0n) is 13.2. The number of amides is 2. The van der Waals surface area contributed by atoms with Crippen LogP contribution in [0.4, 0.5) is 5.69 Å². The highest BCUT2D eigenvalue weighted by atomic mass is 16.5. The quantitative estimate of drug-likeness (QED) is 0.860. The summed E-state index contributed by atoms with van der Waals surface area (Å²) in [6, 6.07) is 14.1. The van der Waals surface area contributed by atoms with Crippen LogP contribution in [0.2, 0.25) is 0 Å². The van der Waals surface area contributed by atoms with Gasteiger partial charge in [-0.15, -0.1) is 0 Å². The third-order valence-electron chi connectivity index (χ3n) is 3.38. The Balaban J connectivity index is 2.13. The van der Waals surface area contributed by atoms with Gasteiger partial charge in [0.05, 0.1) is 11.3 Å². The van der Waals surface area contributed by atoms with E-state index in [9.17, 15) is 9.59 Å². The van der Waals surface area contributed by atoms with E-state index >= 15 is 0 Å². The number of aryl methyl sites for hydroxylation is 1. The number of rotatable bonds is 6. The van der Waals surface area contributed by atoms with Crippen LogP contribution in [0.15, 0.2) is 48.5 Å². The molecule has 5 nitrogen and oxygen atoms in total. The first-order valence-electron chi connectivity index (χ1n) is 7.44. The molecule has 3 N–H and O–H groups in total. The summed E-state index contributed by atoms with van der Waals surface area (Å²) in [5, 5.41) is 2.71. The van der Waals surface area contributed by atoms with Crippen molar-refractivity contribution in [3.05, 3.63) is 59.7 Å². The second-order valence-corrected chi connectivity index (χ2v) is 5.23. The van der Waals surface area contributed by atoms with Crippen molar-refractivity contribution in [3.8, 4) is 5.75 Å². The predicted octanol–water partition coefficient (Wildman–Crippen LogP) is 2.89. The van der Waals surface area contributed by atoms with Crippen LogP contribution in [0, 0.1) is 6.92 Å². The Morgan fingerprint density at radius 3 is 2.57 bits per heavy atom. The van der Waals surface area contributed by atoms with Gasteiger partial charge in [0.15, 0.2) is 6.10 Å². The van der Waals surface area contributed by atoms with Gasteiger partial charge in [-0.05, 0) is 43.2 Å². The minimum Gasteiger partial charge on any atom is -0.481 e. The van der Waals surface area contributed by atoms with Crippen molar-refractivity contribution < 1.29 is 14.3 Å². The third kappa shape index (κ3) is 4.32. The maximum absolute atomic E-state index is 12.4. The van der Waals surface area contributed by atoms with E-state index in [1.54, 1.807) is 30.3 Å². The van der Waals surface area contributed by atoms with Crippen LogP contribution >= 0.6 is 0 Å². The fraction of sp³-hybridized carbons (Fsp3) is 0.222. The van der Waals surface area contributed by atoms with E-state index in [1.807, 2.05) is 32.0 Å². The van der Waals surface area contributed by atoms with Crippen molar-refractivity contribution in [1.29, 1.82) is 0 Å². The molecule has 2 aromatic rings.